The number of hydrogen-bond acceptors (Lipinski definition) is 5. The number of rotatable bonds is 5. The SMILES string of the molecule is CCC(C(=O)O)C(=O)O.O=[PH](O)O[PH](=O)O. The van der Waals surface area contributed by atoms with Gasteiger partial charge in [-0.2, -0.15) is 0 Å². The molecule has 9 nitrogen and oxygen atoms in total. The fraction of sp³-hybridized carbons (Fsp3) is 0.600. The summed E-state index contributed by atoms with van der Waals surface area (Å²) >= 11 is 0. The van der Waals surface area contributed by atoms with Crippen LogP contribution in [0.3, 0.4) is 0 Å². The Morgan fingerprint density at radius 1 is 1.12 bits per heavy atom. The van der Waals surface area contributed by atoms with Gasteiger partial charge in [-0.05, 0) is 6.42 Å². The Kier molecular flexibility index (Phi) is 10.5. The molecule has 0 heterocycles. The summed E-state index contributed by atoms with van der Waals surface area (Å²) < 4.78 is 22.3. The third-order valence-corrected chi connectivity index (χ3v) is 2.58. The summed E-state index contributed by atoms with van der Waals surface area (Å²) in [6, 6.07) is 0. The average molecular weight is 278 g/mol. The quantitative estimate of drug-likeness (QED) is 0.399. The standard InChI is InChI=1S/C5H8O4.H4O5P2/c1-2-3(4(6)7)5(8)9;1-6(2)5-7(3)4/h3H,2H2,1H3,(H,6,7)(H,8,9);6-7H,(H,1,2)(H,3,4). The third kappa shape index (κ3) is 11.4. The van der Waals surface area contributed by atoms with Crippen LogP contribution < -0.4 is 0 Å². The van der Waals surface area contributed by atoms with Crippen molar-refractivity contribution in [3.63, 3.8) is 0 Å². The van der Waals surface area contributed by atoms with Crippen molar-refractivity contribution in [2.24, 2.45) is 5.92 Å². The predicted molar refractivity (Wildman–Crippen MR) is 52.6 cm³/mol. The summed E-state index contributed by atoms with van der Waals surface area (Å²) in [4.78, 5) is 35.4. The molecule has 0 aromatic carbocycles. The van der Waals surface area contributed by atoms with Gasteiger partial charge in [0.05, 0.1) is 0 Å². The Morgan fingerprint density at radius 3 is 1.44 bits per heavy atom. The van der Waals surface area contributed by atoms with Crippen molar-refractivity contribution in [3.05, 3.63) is 0 Å². The Bertz CT molecular complexity index is 262. The second kappa shape index (κ2) is 9.50. The third-order valence-electron chi connectivity index (χ3n) is 1.18. The first-order chi connectivity index (χ1) is 7.22. The van der Waals surface area contributed by atoms with Gasteiger partial charge in [0.2, 0.25) is 0 Å². The van der Waals surface area contributed by atoms with Crippen LogP contribution in [0.5, 0.6) is 0 Å². The maximum atomic E-state index is 9.99. The molecule has 2 atom stereocenters. The lowest BCUT2D eigenvalue weighted by Crippen LogP contribution is -2.21. The molecular weight excluding hydrogens is 266 g/mol. The molecule has 2 unspecified atom stereocenters. The Morgan fingerprint density at radius 2 is 1.44 bits per heavy atom. The van der Waals surface area contributed by atoms with Crippen LogP contribution in [0.25, 0.3) is 0 Å². The fourth-order valence-electron chi connectivity index (χ4n) is 0.530. The van der Waals surface area contributed by atoms with Gasteiger partial charge in [0.25, 0.3) is 0 Å². The van der Waals surface area contributed by atoms with Crippen LogP contribution in [0.15, 0.2) is 0 Å². The minimum absolute atomic E-state index is 0.130. The molecule has 4 N–H and O–H groups in total. The summed E-state index contributed by atoms with van der Waals surface area (Å²) in [7, 11) is -6.40. The van der Waals surface area contributed by atoms with E-state index in [0.717, 1.165) is 0 Å². The molecule has 11 heteroatoms. The second-order valence-corrected chi connectivity index (χ2v) is 4.15. The van der Waals surface area contributed by atoms with Crippen LogP contribution in [0.2, 0.25) is 0 Å². The molecule has 0 saturated heterocycles. The summed E-state index contributed by atoms with van der Waals surface area (Å²) in [5, 5.41) is 16.3. The van der Waals surface area contributed by atoms with E-state index in [2.05, 4.69) is 4.31 Å². The van der Waals surface area contributed by atoms with E-state index in [-0.39, 0.29) is 6.42 Å². The molecular formula is C5H12O9P2. The molecule has 96 valence electrons. The number of aliphatic carboxylic acids is 2. The summed E-state index contributed by atoms with van der Waals surface area (Å²) in [5.74, 6) is -3.79. The Hall–Kier alpha value is -0.720. The van der Waals surface area contributed by atoms with E-state index >= 15 is 0 Å². The van der Waals surface area contributed by atoms with Gasteiger partial charge in [0.1, 0.15) is 0 Å². The summed E-state index contributed by atoms with van der Waals surface area (Å²) in [5.41, 5.74) is 0. The van der Waals surface area contributed by atoms with Crippen molar-refractivity contribution in [1.29, 1.82) is 0 Å². The van der Waals surface area contributed by atoms with E-state index in [0.29, 0.717) is 0 Å². The van der Waals surface area contributed by atoms with E-state index < -0.39 is 34.4 Å². The van der Waals surface area contributed by atoms with Gasteiger partial charge >= 0.3 is 28.4 Å². The molecule has 0 aliphatic carbocycles. The lowest BCUT2D eigenvalue weighted by molar-refractivity contribution is -0.154. The molecule has 0 aliphatic heterocycles. The van der Waals surface area contributed by atoms with E-state index in [9.17, 15) is 18.7 Å². The molecule has 0 aromatic heterocycles. The van der Waals surface area contributed by atoms with E-state index in [1.54, 1.807) is 0 Å². The lowest BCUT2D eigenvalue weighted by Gasteiger charge is -2.00. The van der Waals surface area contributed by atoms with Crippen LogP contribution in [0.1, 0.15) is 13.3 Å². The van der Waals surface area contributed by atoms with E-state index in [4.69, 9.17) is 20.0 Å². The molecule has 0 bridgehead atoms. The van der Waals surface area contributed by atoms with Gasteiger partial charge < -0.3 is 20.0 Å². The summed E-state index contributed by atoms with van der Waals surface area (Å²) in [6.07, 6.45) is 0.130. The molecule has 16 heavy (non-hydrogen) atoms. The van der Waals surface area contributed by atoms with Crippen LogP contribution in [-0.4, -0.2) is 31.9 Å². The van der Waals surface area contributed by atoms with Gasteiger partial charge in [-0.3, -0.25) is 18.7 Å². The first-order valence-corrected chi connectivity index (χ1v) is 6.34. The molecule has 0 radical (unpaired) electrons. The molecule has 0 aromatic rings. The zero-order valence-electron chi connectivity index (χ0n) is 8.11. The molecule has 0 spiro atoms. The minimum Gasteiger partial charge on any atom is -0.481 e. The molecule has 0 aliphatic rings. The van der Waals surface area contributed by atoms with Gasteiger partial charge in [-0.1, -0.05) is 6.92 Å². The highest BCUT2D eigenvalue weighted by Gasteiger charge is 2.22. The van der Waals surface area contributed by atoms with Crippen LogP contribution >= 0.6 is 16.5 Å². The molecule has 0 rings (SSSR count). The second-order valence-electron chi connectivity index (χ2n) is 2.27. The van der Waals surface area contributed by atoms with Gasteiger partial charge in [0.15, 0.2) is 5.92 Å². The first kappa shape index (κ1) is 17.7. The van der Waals surface area contributed by atoms with E-state index in [1.807, 2.05) is 0 Å². The smallest absolute Gasteiger partial charge is 0.323 e. The van der Waals surface area contributed by atoms with Gasteiger partial charge in [-0.25, -0.2) is 4.31 Å². The van der Waals surface area contributed by atoms with E-state index in [1.165, 1.54) is 6.92 Å². The maximum Gasteiger partial charge on any atom is 0.323 e. The van der Waals surface area contributed by atoms with Gasteiger partial charge in [0, 0.05) is 0 Å². The van der Waals surface area contributed by atoms with Crippen LogP contribution in [0.4, 0.5) is 0 Å². The highest BCUT2D eigenvalue weighted by molar-refractivity contribution is 7.46. The highest BCUT2D eigenvalue weighted by atomic mass is 31.2. The van der Waals surface area contributed by atoms with Crippen molar-refractivity contribution in [2.45, 2.75) is 13.3 Å². The van der Waals surface area contributed by atoms with Crippen LogP contribution in [-0.2, 0) is 23.0 Å². The number of carboxylic acids is 2. The van der Waals surface area contributed by atoms with Crippen LogP contribution in [0, 0.1) is 5.92 Å². The Labute approximate surface area is 91.6 Å². The number of hydrogen-bond donors (Lipinski definition) is 4. The summed E-state index contributed by atoms with van der Waals surface area (Å²) in [6.45, 7) is 1.52. The fourth-order valence-corrected chi connectivity index (χ4v) is 1.13. The van der Waals surface area contributed by atoms with Crippen molar-refractivity contribution in [1.82, 2.24) is 0 Å². The monoisotopic (exact) mass is 278 g/mol. The minimum atomic E-state index is -3.20. The lowest BCUT2D eigenvalue weighted by atomic mass is 10.1. The van der Waals surface area contributed by atoms with Crippen molar-refractivity contribution in [2.75, 3.05) is 0 Å². The Balaban J connectivity index is 0. The zero-order chi connectivity index (χ0) is 13.3. The zero-order valence-corrected chi connectivity index (χ0v) is 10.1. The normalized spacial score (nSPS) is 13.5. The van der Waals surface area contributed by atoms with Crippen molar-refractivity contribution >= 4 is 28.4 Å². The molecule has 0 fully saturated rings. The molecule has 0 saturated carbocycles. The first-order valence-electron chi connectivity index (χ1n) is 3.81. The maximum absolute atomic E-state index is 9.99. The highest BCUT2D eigenvalue weighted by Crippen LogP contribution is 2.30. The van der Waals surface area contributed by atoms with Gasteiger partial charge in [-0.15, -0.1) is 0 Å². The largest absolute Gasteiger partial charge is 0.481 e. The average Bonchev–Trinajstić information content (AvgIpc) is 2.01. The topological polar surface area (TPSA) is 158 Å². The van der Waals surface area contributed by atoms with Crippen molar-refractivity contribution < 1.29 is 43.0 Å². The predicted octanol–water partition coefficient (Wildman–Crippen LogP) is -0.0512. The number of carboxylic acid groups (broad SMARTS) is 2. The molecule has 0 amide bonds. The van der Waals surface area contributed by atoms with Crippen molar-refractivity contribution in [3.8, 4) is 0 Å². The number of carbonyl (C=O) groups is 2.